The van der Waals surface area contributed by atoms with Crippen LogP contribution in [0.1, 0.15) is 16.2 Å². The maximum atomic E-state index is 12.0. The molecule has 3 N–H and O–H groups in total. The first-order chi connectivity index (χ1) is 10.7. The lowest BCUT2D eigenvalue weighted by atomic mass is 10.1. The first-order valence-electron chi connectivity index (χ1n) is 7.18. The molecule has 0 aliphatic carbocycles. The zero-order chi connectivity index (χ0) is 15.8. The van der Waals surface area contributed by atoms with Crippen molar-refractivity contribution in [3.8, 4) is 11.4 Å². The van der Waals surface area contributed by atoms with E-state index in [1.54, 1.807) is 19.2 Å². The molecule has 0 saturated heterocycles. The Balaban J connectivity index is 0.00000264. The number of H-pyrrole nitrogens is 1. The maximum Gasteiger partial charge on any atom is 0.251 e. The normalized spacial score (nSPS) is 10.2. The van der Waals surface area contributed by atoms with Gasteiger partial charge in [0.1, 0.15) is 5.82 Å². The largest absolute Gasteiger partial charge is 0.383 e. The van der Waals surface area contributed by atoms with Crippen LogP contribution in [0.15, 0.2) is 24.3 Å². The number of nitrogens with zero attached hydrogens (tertiary/aromatic N) is 2. The molecule has 1 aromatic heterocycles. The van der Waals surface area contributed by atoms with E-state index in [0.717, 1.165) is 17.9 Å². The smallest absolute Gasteiger partial charge is 0.251 e. The monoisotopic (exact) mass is 339 g/mol. The summed E-state index contributed by atoms with van der Waals surface area (Å²) in [6.07, 6.45) is 0. The van der Waals surface area contributed by atoms with Crippen LogP contribution in [0.4, 0.5) is 0 Å². The van der Waals surface area contributed by atoms with E-state index >= 15 is 0 Å². The molecule has 1 aromatic carbocycles. The lowest BCUT2D eigenvalue weighted by Gasteiger charge is -2.07. The lowest BCUT2D eigenvalue weighted by molar-refractivity contribution is 0.0953. The number of hydrogen-bond donors (Lipinski definition) is 3. The summed E-state index contributed by atoms with van der Waals surface area (Å²) >= 11 is 0. The number of ether oxygens (including phenoxy) is 1. The molecule has 0 radical (unpaired) electrons. The Morgan fingerprint density at radius 1 is 1.22 bits per heavy atom. The summed E-state index contributed by atoms with van der Waals surface area (Å²) in [6.45, 7) is 4.57. The molecule has 0 unspecified atom stereocenters. The molecule has 0 fully saturated rings. The number of carbonyl (C=O) groups excluding carboxylic acids is 1. The molecule has 23 heavy (non-hydrogen) atoms. The van der Waals surface area contributed by atoms with Crippen molar-refractivity contribution in [2.45, 2.75) is 6.92 Å². The molecule has 0 aliphatic rings. The Morgan fingerprint density at radius 2 is 1.96 bits per heavy atom. The number of methoxy groups -OCH3 is 1. The van der Waals surface area contributed by atoms with E-state index < -0.39 is 0 Å². The van der Waals surface area contributed by atoms with Crippen LogP contribution in [-0.4, -0.2) is 54.4 Å². The summed E-state index contributed by atoms with van der Waals surface area (Å²) < 4.78 is 4.93. The number of aromatic nitrogens is 3. The summed E-state index contributed by atoms with van der Waals surface area (Å²) in [7, 11) is 1.66. The summed E-state index contributed by atoms with van der Waals surface area (Å²) in [5, 5.41) is 12.9. The molecular formula is C15H22ClN5O2. The van der Waals surface area contributed by atoms with E-state index in [1.165, 1.54) is 0 Å². The van der Waals surface area contributed by atoms with Crippen molar-refractivity contribution >= 4 is 18.3 Å². The zero-order valence-corrected chi connectivity index (χ0v) is 14.1. The Kier molecular flexibility index (Phi) is 8.25. The van der Waals surface area contributed by atoms with E-state index in [0.29, 0.717) is 31.1 Å². The van der Waals surface area contributed by atoms with Crippen LogP contribution >= 0.6 is 12.4 Å². The van der Waals surface area contributed by atoms with Crippen LogP contribution in [0.3, 0.4) is 0 Å². The Labute approximate surface area is 141 Å². The second-order valence-corrected chi connectivity index (χ2v) is 4.82. The average molecular weight is 340 g/mol. The molecule has 0 aliphatic heterocycles. The number of aromatic amines is 1. The molecule has 126 valence electrons. The third-order valence-electron chi connectivity index (χ3n) is 3.07. The summed E-state index contributed by atoms with van der Waals surface area (Å²) in [5.41, 5.74) is 1.50. The van der Waals surface area contributed by atoms with Crippen LogP contribution in [0.5, 0.6) is 0 Å². The first-order valence-corrected chi connectivity index (χ1v) is 7.18. The molecule has 2 rings (SSSR count). The number of halogens is 1. The van der Waals surface area contributed by atoms with E-state index in [-0.39, 0.29) is 18.3 Å². The zero-order valence-electron chi connectivity index (χ0n) is 13.3. The third kappa shape index (κ3) is 5.97. The molecule has 0 atom stereocenters. The standard InChI is InChI=1S/C15H21N5O2.ClH/c1-11-18-14(20-19-11)12-3-5-13(6-4-12)15(21)17-8-7-16-9-10-22-2;/h3-6,16H,7-10H2,1-2H3,(H,17,21)(H,18,19,20);1H. The number of nitrogens with one attached hydrogen (secondary N) is 3. The van der Waals surface area contributed by atoms with Crippen molar-refractivity contribution in [1.82, 2.24) is 25.8 Å². The van der Waals surface area contributed by atoms with Gasteiger partial charge in [0.05, 0.1) is 6.61 Å². The predicted octanol–water partition coefficient (Wildman–Crippen LogP) is 1.17. The van der Waals surface area contributed by atoms with Crippen LogP contribution in [-0.2, 0) is 4.74 Å². The van der Waals surface area contributed by atoms with Crippen molar-refractivity contribution < 1.29 is 9.53 Å². The fourth-order valence-electron chi connectivity index (χ4n) is 1.91. The number of amides is 1. The van der Waals surface area contributed by atoms with Gasteiger partial charge in [-0.15, -0.1) is 12.4 Å². The van der Waals surface area contributed by atoms with Crippen molar-refractivity contribution in [2.24, 2.45) is 0 Å². The van der Waals surface area contributed by atoms with Gasteiger partial charge in [-0.3, -0.25) is 9.89 Å². The molecule has 0 bridgehead atoms. The number of rotatable bonds is 8. The van der Waals surface area contributed by atoms with E-state index in [1.807, 2.05) is 19.1 Å². The summed E-state index contributed by atoms with van der Waals surface area (Å²) in [4.78, 5) is 16.2. The summed E-state index contributed by atoms with van der Waals surface area (Å²) in [6, 6.07) is 7.23. The molecule has 8 heteroatoms. The molecule has 1 amide bonds. The minimum absolute atomic E-state index is 0. The Bertz CT molecular complexity index is 600. The van der Waals surface area contributed by atoms with Gasteiger partial charge in [-0.05, 0) is 19.1 Å². The molecule has 0 spiro atoms. The van der Waals surface area contributed by atoms with Gasteiger partial charge in [-0.25, -0.2) is 4.98 Å². The molecule has 2 aromatic rings. The van der Waals surface area contributed by atoms with Gasteiger partial charge in [0.15, 0.2) is 5.82 Å². The van der Waals surface area contributed by atoms with Crippen molar-refractivity contribution in [1.29, 1.82) is 0 Å². The van der Waals surface area contributed by atoms with E-state index in [4.69, 9.17) is 4.74 Å². The number of carbonyl (C=O) groups is 1. The number of benzene rings is 1. The van der Waals surface area contributed by atoms with Gasteiger partial charge in [-0.2, -0.15) is 5.10 Å². The Morgan fingerprint density at radius 3 is 2.57 bits per heavy atom. The third-order valence-corrected chi connectivity index (χ3v) is 3.07. The fourth-order valence-corrected chi connectivity index (χ4v) is 1.91. The SMILES string of the molecule is COCCNCCNC(=O)c1ccc(-c2n[nH]c(C)n2)cc1.Cl. The quantitative estimate of drug-likeness (QED) is 0.628. The molecular weight excluding hydrogens is 318 g/mol. The van der Waals surface area contributed by atoms with E-state index in [9.17, 15) is 4.79 Å². The number of aryl methyl sites for hydroxylation is 1. The van der Waals surface area contributed by atoms with Gasteiger partial charge in [0.25, 0.3) is 5.91 Å². The fraction of sp³-hybridized carbons (Fsp3) is 0.400. The maximum absolute atomic E-state index is 12.0. The van der Waals surface area contributed by atoms with Crippen molar-refractivity contribution in [3.63, 3.8) is 0 Å². The highest BCUT2D eigenvalue weighted by Gasteiger charge is 2.07. The van der Waals surface area contributed by atoms with Crippen LogP contribution < -0.4 is 10.6 Å². The van der Waals surface area contributed by atoms with Gasteiger partial charge in [0, 0.05) is 37.9 Å². The highest BCUT2D eigenvalue weighted by molar-refractivity contribution is 5.94. The minimum atomic E-state index is -0.0914. The predicted molar refractivity (Wildman–Crippen MR) is 90.9 cm³/mol. The van der Waals surface area contributed by atoms with Crippen molar-refractivity contribution in [3.05, 3.63) is 35.7 Å². The summed E-state index contributed by atoms with van der Waals surface area (Å²) in [5.74, 6) is 1.30. The Hall–Kier alpha value is -1.96. The second-order valence-electron chi connectivity index (χ2n) is 4.82. The van der Waals surface area contributed by atoms with Gasteiger partial charge < -0.3 is 15.4 Å². The molecule has 1 heterocycles. The van der Waals surface area contributed by atoms with Crippen LogP contribution in [0, 0.1) is 6.92 Å². The van der Waals surface area contributed by atoms with Gasteiger partial charge in [-0.1, -0.05) is 12.1 Å². The van der Waals surface area contributed by atoms with Crippen LogP contribution in [0.25, 0.3) is 11.4 Å². The topological polar surface area (TPSA) is 91.9 Å². The molecule has 0 saturated carbocycles. The average Bonchev–Trinajstić information content (AvgIpc) is 2.97. The van der Waals surface area contributed by atoms with Crippen molar-refractivity contribution in [2.75, 3.05) is 33.4 Å². The van der Waals surface area contributed by atoms with Gasteiger partial charge in [0.2, 0.25) is 0 Å². The number of hydrogen-bond acceptors (Lipinski definition) is 5. The highest BCUT2D eigenvalue weighted by atomic mass is 35.5. The van der Waals surface area contributed by atoms with E-state index in [2.05, 4.69) is 25.8 Å². The minimum Gasteiger partial charge on any atom is -0.383 e. The first kappa shape index (κ1) is 19.1. The highest BCUT2D eigenvalue weighted by Crippen LogP contribution is 2.15. The van der Waals surface area contributed by atoms with Crippen LogP contribution in [0.2, 0.25) is 0 Å². The second kappa shape index (κ2) is 9.94. The molecule has 7 nitrogen and oxygen atoms in total. The lowest BCUT2D eigenvalue weighted by Crippen LogP contribution is -2.33. The van der Waals surface area contributed by atoms with Gasteiger partial charge >= 0.3 is 0 Å².